The van der Waals surface area contributed by atoms with Crippen molar-refractivity contribution in [3.63, 3.8) is 0 Å². The Labute approximate surface area is 117 Å². The standard InChI is InChI=1S/C13H17NO3S2/c1-9(8-15)7-14-19(16,17)13-10(2)18-12-6-4-3-5-11(12)13/h3-6,9,14-15H,7-8H2,1-2H3. The van der Waals surface area contributed by atoms with Crippen LogP contribution in [0.1, 0.15) is 11.8 Å². The molecule has 1 heterocycles. The summed E-state index contributed by atoms with van der Waals surface area (Å²) in [5, 5.41) is 9.71. The maximum absolute atomic E-state index is 12.4. The van der Waals surface area contributed by atoms with E-state index >= 15 is 0 Å². The maximum Gasteiger partial charge on any atom is 0.242 e. The fraction of sp³-hybridized carbons (Fsp3) is 0.385. The fourth-order valence-corrected chi connectivity index (χ4v) is 4.84. The van der Waals surface area contributed by atoms with Crippen molar-refractivity contribution in [3.8, 4) is 0 Å². The Kier molecular flexibility index (Phi) is 4.25. The van der Waals surface area contributed by atoms with Gasteiger partial charge in [0.05, 0.1) is 0 Å². The van der Waals surface area contributed by atoms with Crippen molar-refractivity contribution in [3.05, 3.63) is 29.1 Å². The number of thiophene rings is 1. The number of fused-ring (bicyclic) bond motifs is 1. The molecule has 0 aliphatic carbocycles. The zero-order valence-corrected chi connectivity index (χ0v) is 12.5. The third-order valence-electron chi connectivity index (χ3n) is 2.92. The SMILES string of the molecule is Cc1sc2ccccc2c1S(=O)(=O)NCC(C)CO. The van der Waals surface area contributed by atoms with Crippen molar-refractivity contribution in [2.45, 2.75) is 18.7 Å². The normalized spacial score (nSPS) is 13.8. The summed E-state index contributed by atoms with van der Waals surface area (Å²) in [6.07, 6.45) is 0. The second-order valence-electron chi connectivity index (χ2n) is 4.62. The summed E-state index contributed by atoms with van der Waals surface area (Å²) in [6, 6.07) is 7.48. The third-order valence-corrected chi connectivity index (χ3v) is 5.74. The molecule has 6 heteroatoms. The molecule has 1 atom stereocenters. The molecule has 0 fully saturated rings. The van der Waals surface area contributed by atoms with E-state index in [9.17, 15) is 8.42 Å². The van der Waals surface area contributed by atoms with Crippen molar-refractivity contribution >= 4 is 31.4 Å². The quantitative estimate of drug-likeness (QED) is 0.888. The van der Waals surface area contributed by atoms with E-state index < -0.39 is 10.0 Å². The summed E-state index contributed by atoms with van der Waals surface area (Å²) in [7, 11) is -3.53. The van der Waals surface area contributed by atoms with Gasteiger partial charge in [-0.1, -0.05) is 25.1 Å². The average Bonchev–Trinajstić information content (AvgIpc) is 2.72. The van der Waals surface area contributed by atoms with Crippen molar-refractivity contribution in [1.82, 2.24) is 4.72 Å². The highest BCUT2D eigenvalue weighted by molar-refractivity contribution is 7.90. The molecule has 0 bridgehead atoms. The minimum Gasteiger partial charge on any atom is -0.396 e. The second kappa shape index (κ2) is 5.58. The van der Waals surface area contributed by atoms with Crippen LogP contribution in [0.15, 0.2) is 29.2 Å². The molecule has 19 heavy (non-hydrogen) atoms. The van der Waals surface area contributed by atoms with Gasteiger partial charge in [-0.15, -0.1) is 11.3 Å². The monoisotopic (exact) mass is 299 g/mol. The molecular formula is C13H17NO3S2. The van der Waals surface area contributed by atoms with Crippen LogP contribution in [-0.2, 0) is 10.0 Å². The molecule has 0 spiro atoms. The lowest BCUT2D eigenvalue weighted by molar-refractivity contribution is 0.238. The van der Waals surface area contributed by atoms with Gasteiger partial charge in [0.25, 0.3) is 0 Å². The number of hydrogen-bond acceptors (Lipinski definition) is 4. The Hall–Kier alpha value is -0.950. The lowest BCUT2D eigenvalue weighted by Gasteiger charge is -2.10. The molecular weight excluding hydrogens is 282 g/mol. The van der Waals surface area contributed by atoms with Gasteiger partial charge in [0, 0.05) is 28.1 Å². The molecule has 0 saturated carbocycles. The van der Waals surface area contributed by atoms with Gasteiger partial charge in [-0.05, 0) is 18.9 Å². The molecule has 0 aliphatic rings. The number of aliphatic hydroxyl groups is 1. The molecule has 0 saturated heterocycles. The van der Waals surface area contributed by atoms with Crippen LogP contribution in [0.5, 0.6) is 0 Å². The van der Waals surface area contributed by atoms with Gasteiger partial charge in [0.2, 0.25) is 10.0 Å². The molecule has 1 aromatic heterocycles. The van der Waals surface area contributed by atoms with E-state index in [0.717, 1.165) is 15.0 Å². The predicted octanol–water partition coefficient (Wildman–Crippen LogP) is 2.12. The average molecular weight is 299 g/mol. The maximum atomic E-state index is 12.4. The van der Waals surface area contributed by atoms with E-state index in [1.807, 2.05) is 31.2 Å². The first kappa shape index (κ1) is 14.5. The number of sulfonamides is 1. The first-order valence-electron chi connectivity index (χ1n) is 6.04. The highest BCUT2D eigenvalue weighted by Gasteiger charge is 2.22. The van der Waals surface area contributed by atoms with Gasteiger partial charge < -0.3 is 5.11 Å². The summed E-state index contributed by atoms with van der Waals surface area (Å²) in [6.45, 7) is 3.81. The Morgan fingerprint density at radius 1 is 1.37 bits per heavy atom. The zero-order valence-electron chi connectivity index (χ0n) is 10.9. The number of nitrogens with one attached hydrogen (secondary N) is 1. The molecule has 104 valence electrons. The van der Waals surface area contributed by atoms with Gasteiger partial charge in [-0.25, -0.2) is 13.1 Å². The minimum atomic E-state index is -3.53. The molecule has 1 aromatic carbocycles. The highest BCUT2D eigenvalue weighted by Crippen LogP contribution is 2.33. The fourth-order valence-electron chi connectivity index (χ4n) is 1.87. The van der Waals surface area contributed by atoms with Crippen LogP contribution in [0.2, 0.25) is 0 Å². The smallest absolute Gasteiger partial charge is 0.242 e. The Morgan fingerprint density at radius 3 is 2.74 bits per heavy atom. The van der Waals surface area contributed by atoms with Crippen LogP contribution >= 0.6 is 11.3 Å². The lowest BCUT2D eigenvalue weighted by atomic mass is 10.2. The zero-order chi connectivity index (χ0) is 14.0. The molecule has 4 nitrogen and oxygen atoms in total. The largest absolute Gasteiger partial charge is 0.396 e. The summed E-state index contributed by atoms with van der Waals surface area (Å²) in [4.78, 5) is 1.14. The van der Waals surface area contributed by atoms with Gasteiger partial charge in [-0.2, -0.15) is 0 Å². The number of benzene rings is 1. The molecule has 2 aromatic rings. The molecule has 2 rings (SSSR count). The number of rotatable bonds is 5. The number of hydrogen-bond donors (Lipinski definition) is 2. The Morgan fingerprint density at radius 2 is 2.05 bits per heavy atom. The molecule has 0 radical (unpaired) electrons. The molecule has 2 N–H and O–H groups in total. The van der Waals surface area contributed by atoms with Crippen molar-refractivity contribution in [2.75, 3.05) is 13.2 Å². The molecule has 0 aliphatic heterocycles. The van der Waals surface area contributed by atoms with Crippen LogP contribution in [-0.4, -0.2) is 26.7 Å². The van der Waals surface area contributed by atoms with E-state index in [1.165, 1.54) is 11.3 Å². The first-order chi connectivity index (χ1) is 8.95. The van der Waals surface area contributed by atoms with E-state index in [-0.39, 0.29) is 19.1 Å². The second-order valence-corrected chi connectivity index (χ2v) is 7.58. The number of aliphatic hydroxyl groups excluding tert-OH is 1. The van der Waals surface area contributed by atoms with Gasteiger partial charge in [-0.3, -0.25) is 0 Å². The predicted molar refractivity (Wildman–Crippen MR) is 78.0 cm³/mol. The van der Waals surface area contributed by atoms with Crippen molar-refractivity contribution in [2.24, 2.45) is 5.92 Å². The van der Waals surface area contributed by atoms with E-state index in [2.05, 4.69) is 4.72 Å². The van der Waals surface area contributed by atoms with Crippen LogP contribution < -0.4 is 4.72 Å². The van der Waals surface area contributed by atoms with E-state index in [1.54, 1.807) is 6.92 Å². The van der Waals surface area contributed by atoms with Gasteiger partial charge >= 0.3 is 0 Å². The summed E-state index contributed by atoms with van der Waals surface area (Å²) in [5.41, 5.74) is 0. The molecule has 0 amide bonds. The Balaban J connectivity index is 2.40. The topological polar surface area (TPSA) is 66.4 Å². The van der Waals surface area contributed by atoms with Crippen LogP contribution in [0.3, 0.4) is 0 Å². The van der Waals surface area contributed by atoms with Gasteiger partial charge in [0.15, 0.2) is 0 Å². The summed E-state index contributed by atoms with van der Waals surface area (Å²) >= 11 is 1.48. The highest BCUT2D eigenvalue weighted by atomic mass is 32.2. The lowest BCUT2D eigenvalue weighted by Crippen LogP contribution is -2.29. The van der Waals surface area contributed by atoms with Gasteiger partial charge in [0.1, 0.15) is 4.90 Å². The van der Waals surface area contributed by atoms with Crippen LogP contribution in [0.4, 0.5) is 0 Å². The first-order valence-corrected chi connectivity index (χ1v) is 8.34. The van der Waals surface area contributed by atoms with Crippen LogP contribution in [0, 0.1) is 12.8 Å². The van der Waals surface area contributed by atoms with Crippen molar-refractivity contribution < 1.29 is 13.5 Å². The van der Waals surface area contributed by atoms with E-state index in [0.29, 0.717) is 4.90 Å². The number of aryl methyl sites for hydroxylation is 1. The summed E-state index contributed by atoms with van der Waals surface area (Å²) < 4.78 is 28.3. The Bertz CT molecular complexity index is 676. The minimum absolute atomic E-state index is 0.0358. The molecule has 1 unspecified atom stereocenters. The van der Waals surface area contributed by atoms with E-state index in [4.69, 9.17) is 5.11 Å². The van der Waals surface area contributed by atoms with Crippen molar-refractivity contribution in [1.29, 1.82) is 0 Å². The summed E-state index contributed by atoms with van der Waals surface area (Å²) in [5.74, 6) is -0.0972. The third kappa shape index (κ3) is 2.97. The van der Waals surface area contributed by atoms with Crippen LogP contribution in [0.25, 0.3) is 10.1 Å².